The number of hydrogen-bond donors (Lipinski definition) is 1. The Hall–Kier alpha value is -1.59. The molecule has 0 unspecified atom stereocenters. The zero-order valence-corrected chi connectivity index (χ0v) is 13.4. The summed E-state index contributed by atoms with van der Waals surface area (Å²) in [4.78, 5) is 12.7. The highest BCUT2D eigenvalue weighted by Gasteiger charge is 2.26. The maximum absolute atomic E-state index is 14.2. The molecule has 0 aliphatic carbocycles. The lowest BCUT2D eigenvalue weighted by atomic mass is 9.98. The molecule has 21 heavy (non-hydrogen) atoms. The molecule has 2 N–H and O–H groups in total. The van der Waals surface area contributed by atoms with Crippen LogP contribution in [0.2, 0.25) is 5.02 Å². The van der Waals surface area contributed by atoms with Crippen molar-refractivity contribution >= 4 is 34.6 Å². The van der Waals surface area contributed by atoms with Crippen molar-refractivity contribution < 1.29 is 13.9 Å². The van der Waals surface area contributed by atoms with Gasteiger partial charge in [0.25, 0.3) is 0 Å². The van der Waals surface area contributed by atoms with Crippen molar-refractivity contribution in [2.45, 2.75) is 19.8 Å². The number of methoxy groups -OCH3 is 1. The summed E-state index contributed by atoms with van der Waals surface area (Å²) < 4.78 is 18.9. The molecule has 2 aromatic rings. The molecule has 3 nitrogen and oxygen atoms in total. The molecular weight excluding hydrogens is 313 g/mol. The molecule has 0 spiro atoms. The first-order chi connectivity index (χ1) is 9.88. The van der Waals surface area contributed by atoms with Crippen LogP contribution < -0.4 is 5.73 Å². The quantitative estimate of drug-likeness (QED) is 0.831. The number of carbonyl (C=O) groups is 1. The molecule has 0 aliphatic rings. The minimum Gasteiger partial charge on any atom is -0.465 e. The molecule has 1 aromatic carbocycles. The van der Waals surface area contributed by atoms with E-state index in [9.17, 15) is 9.18 Å². The Bertz CT molecular complexity index is 677. The van der Waals surface area contributed by atoms with Crippen molar-refractivity contribution in [1.29, 1.82) is 0 Å². The van der Waals surface area contributed by atoms with Crippen LogP contribution in [0.3, 0.4) is 0 Å². The van der Waals surface area contributed by atoms with Crippen LogP contribution in [-0.2, 0) is 4.74 Å². The van der Waals surface area contributed by atoms with Crippen molar-refractivity contribution in [3.05, 3.63) is 39.5 Å². The number of nitrogen functional groups attached to an aromatic ring is 1. The van der Waals surface area contributed by atoms with Crippen LogP contribution in [0.5, 0.6) is 0 Å². The number of halogens is 2. The van der Waals surface area contributed by atoms with Gasteiger partial charge in [0.15, 0.2) is 0 Å². The van der Waals surface area contributed by atoms with Gasteiger partial charge in [0, 0.05) is 10.4 Å². The molecular formula is C15H15ClFNO2S. The van der Waals surface area contributed by atoms with Gasteiger partial charge in [-0.2, -0.15) is 0 Å². The van der Waals surface area contributed by atoms with E-state index in [0.717, 1.165) is 11.3 Å². The van der Waals surface area contributed by atoms with E-state index in [0.29, 0.717) is 16.1 Å². The van der Waals surface area contributed by atoms with Crippen LogP contribution in [0.15, 0.2) is 18.2 Å². The van der Waals surface area contributed by atoms with Crippen molar-refractivity contribution in [2.75, 3.05) is 12.8 Å². The van der Waals surface area contributed by atoms with Crippen molar-refractivity contribution in [1.82, 2.24) is 0 Å². The monoisotopic (exact) mass is 327 g/mol. The van der Waals surface area contributed by atoms with E-state index in [1.54, 1.807) is 6.07 Å². The highest BCUT2D eigenvalue weighted by Crippen LogP contribution is 2.45. The van der Waals surface area contributed by atoms with Gasteiger partial charge in [-0.15, -0.1) is 11.3 Å². The van der Waals surface area contributed by atoms with Crippen LogP contribution in [-0.4, -0.2) is 13.1 Å². The number of benzene rings is 1. The molecule has 0 amide bonds. The Morgan fingerprint density at radius 1 is 1.43 bits per heavy atom. The van der Waals surface area contributed by atoms with Gasteiger partial charge in [-0.25, -0.2) is 9.18 Å². The number of hydrogen-bond acceptors (Lipinski definition) is 4. The lowest BCUT2D eigenvalue weighted by Gasteiger charge is -2.11. The minimum absolute atomic E-state index is 0.0188. The largest absolute Gasteiger partial charge is 0.465 e. The first-order valence-corrected chi connectivity index (χ1v) is 7.52. The number of ether oxygens (including phenoxy) is 1. The number of anilines is 1. The summed E-state index contributed by atoms with van der Waals surface area (Å²) in [6.07, 6.45) is 0. The van der Waals surface area contributed by atoms with Gasteiger partial charge in [0.2, 0.25) is 0 Å². The van der Waals surface area contributed by atoms with Crippen LogP contribution in [0, 0.1) is 5.82 Å². The van der Waals surface area contributed by atoms with E-state index in [-0.39, 0.29) is 21.4 Å². The lowest BCUT2D eigenvalue weighted by Crippen LogP contribution is -2.03. The summed E-state index contributed by atoms with van der Waals surface area (Å²) in [6.45, 7) is 3.86. The number of esters is 1. The van der Waals surface area contributed by atoms with Gasteiger partial charge in [-0.1, -0.05) is 31.5 Å². The molecule has 1 heterocycles. The molecule has 0 radical (unpaired) electrons. The van der Waals surface area contributed by atoms with Crippen LogP contribution in [0.25, 0.3) is 10.4 Å². The fourth-order valence-electron chi connectivity index (χ4n) is 2.17. The smallest absolute Gasteiger partial charge is 0.350 e. The summed E-state index contributed by atoms with van der Waals surface area (Å²) >= 11 is 7.23. The summed E-state index contributed by atoms with van der Waals surface area (Å²) in [6, 6.07) is 4.48. The standard InChI is InChI=1S/C15H15ClFNO2S/c1-7(2)10-12(18)14(15(19)20-3)21-13(10)11-8(16)5-4-6-9(11)17/h4-7H,18H2,1-3H3. The molecule has 0 atom stereocenters. The first kappa shape index (κ1) is 15.8. The Morgan fingerprint density at radius 3 is 2.62 bits per heavy atom. The molecule has 0 saturated carbocycles. The third kappa shape index (κ3) is 2.76. The zero-order chi connectivity index (χ0) is 15.7. The van der Waals surface area contributed by atoms with E-state index in [1.807, 2.05) is 13.8 Å². The van der Waals surface area contributed by atoms with E-state index >= 15 is 0 Å². The second kappa shape index (κ2) is 6.03. The summed E-state index contributed by atoms with van der Waals surface area (Å²) in [5.41, 5.74) is 7.38. The van der Waals surface area contributed by atoms with Crippen LogP contribution in [0.4, 0.5) is 10.1 Å². The molecule has 6 heteroatoms. The Labute approximate surface area is 131 Å². The fraction of sp³-hybridized carbons (Fsp3) is 0.267. The summed E-state index contributed by atoms with van der Waals surface area (Å²) in [5, 5.41) is 0.287. The maximum Gasteiger partial charge on any atom is 0.350 e. The SMILES string of the molecule is COC(=O)c1sc(-c2c(F)cccc2Cl)c(C(C)C)c1N. The van der Waals surface area contributed by atoms with Crippen molar-refractivity contribution in [2.24, 2.45) is 0 Å². The number of nitrogens with two attached hydrogens (primary N) is 1. The number of thiophene rings is 1. The second-order valence-electron chi connectivity index (χ2n) is 4.83. The van der Waals surface area contributed by atoms with Gasteiger partial charge in [-0.3, -0.25) is 0 Å². The van der Waals surface area contributed by atoms with Gasteiger partial charge in [-0.05, 0) is 23.6 Å². The maximum atomic E-state index is 14.2. The fourth-order valence-corrected chi connectivity index (χ4v) is 3.84. The van der Waals surface area contributed by atoms with Gasteiger partial charge in [0.05, 0.1) is 17.8 Å². The third-order valence-electron chi connectivity index (χ3n) is 3.12. The van der Waals surface area contributed by atoms with E-state index in [1.165, 1.54) is 19.2 Å². The average Bonchev–Trinajstić information content (AvgIpc) is 2.75. The molecule has 2 rings (SSSR count). The van der Waals surface area contributed by atoms with Crippen molar-refractivity contribution in [3.63, 3.8) is 0 Å². The molecule has 112 valence electrons. The van der Waals surface area contributed by atoms with Crippen LogP contribution in [0.1, 0.15) is 35.0 Å². The molecule has 0 fully saturated rings. The summed E-state index contributed by atoms with van der Waals surface area (Å²) in [5.74, 6) is -0.953. The molecule has 1 aromatic heterocycles. The molecule has 0 aliphatic heterocycles. The Kier molecular flexibility index (Phi) is 4.54. The van der Waals surface area contributed by atoms with Crippen LogP contribution >= 0.6 is 22.9 Å². The summed E-state index contributed by atoms with van der Waals surface area (Å²) in [7, 11) is 1.28. The first-order valence-electron chi connectivity index (χ1n) is 6.33. The second-order valence-corrected chi connectivity index (χ2v) is 6.26. The predicted octanol–water partition coefficient (Wildman–Crippen LogP) is 4.70. The highest BCUT2D eigenvalue weighted by atomic mass is 35.5. The zero-order valence-electron chi connectivity index (χ0n) is 11.9. The van der Waals surface area contributed by atoms with E-state index in [2.05, 4.69) is 0 Å². The minimum atomic E-state index is -0.530. The van der Waals surface area contributed by atoms with Gasteiger partial charge >= 0.3 is 5.97 Å². The van der Waals surface area contributed by atoms with E-state index < -0.39 is 11.8 Å². The highest BCUT2D eigenvalue weighted by molar-refractivity contribution is 7.18. The normalized spacial score (nSPS) is 11.0. The topological polar surface area (TPSA) is 52.3 Å². The van der Waals surface area contributed by atoms with Crippen molar-refractivity contribution in [3.8, 4) is 10.4 Å². The average molecular weight is 328 g/mol. The molecule has 0 bridgehead atoms. The third-order valence-corrected chi connectivity index (χ3v) is 4.66. The molecule has 0 saturated heterocycles. The Morgan fingerprint density at radius 2 is 2.10 bits per heavy atom. The predicted molar refractivity (Wildman–Crippen MR) is 84.6 cm³/mol. The number of carbonyl (C=O) groups excluding carboxylic acids is 1. The van der Waals surface area contributed by atoms with Gasteiger partial charge < -0.3 is 10.5 Å². The van der Waals surface area contributed by atoms with E-state index in [4.69, 9.17) is 22.1 Å². The lowest BCUT2D eigenvalue weighted by molar-refractivity contribution is 0.0607. The Balaban J connectivity index is 2.77. The van der Waals surface area contributed by atoms with Gasteiger partial charge in [0.1, 0.15) is 10.7 Å². The number of rotatable bonds is 3.